The third-order valence-corrected chi connectivity index (χ3v) is 3.47. The molecule has 2 nitrogen and oxygen atoms in total. The molecule has 0 unspecified atom stereocenters. The molecule has 1 rings (SSSR count). The van der Waals surface area contributed by atoms with Gasteiger partial charge in [0.25, 0.3) is 5.91 Å². The van der Waals surface area contributed by atoms with E-state index in [1.807, 2.05) is 26.0 Å². The zero-order chi connectivity index (χ0) is 14.5. The molecular weight excluding hydrogens is 258 g/mol. The summed E-state index contributed by atoms with van der Waals surface area (Å²) < 4.78 is 0. The maximum Gasteiger partial charge on any atom is 0.251 e. The van der Waals surface area contributed by atoms with E-state index in [0.29, 0.717) is 12.4 Å². The summed E-state index contributed by atoms with van der Waals surface area (Å²) in [6.45, 7) is 9.00. The van der Waals surface area contributed by atoms with E-state index >= 15 is 0 Å². The van der Waals surface area contributed by atoms with Gasteiger partial charge < -0.3 is 5.32 Å². The van der Waals surface area contributed by atoms with Crippen LogP contribution in [0.4, 0.5) is 0 Å². The van der Waals surface area contributed by atoms with Gasteiger partial charge in [-0.15, -0.1) is 11.6 Å². The van der Waals surface area contributed by atoms with Crippen LogP contribution in [0.25, 0.3) is 0 Å². The fourth-order valence-electron chi connectivity index (χ4n) is 2.16. The van der Waals surface area contributed by atoms with Gasteiger partial charge in [-0.2, -0.15) is 0 Å². The average molecular weight is 282 g/mol. The van der Waals surface area contributed by atoms with Crippen LogP contribution in [0.3, 0.4) is 0 Å². The van der Waals surface area contributed by atoms with Crippen molar-refractivity contribution in [2.75, 3.05) is 12.4 Å². The first-order valence-corrected chi connectivity index (χ1v) is 7.30. The molecule has 0 saturated heterocycles. The van der Waals surface area contributed by atoms with Crippen LogP contribution in [0.15, 0.2) is 18.2 Å². The van der Waals surface area contributed by atoms with Crippen molar-refractivity contribution >= 4 is 17.5 Å². The van der Waals surface area contributed by atoms with Crippen molar-refractivity contribution in [1.82, 2.24) is 5.32 Å². The Kier molecular flexibility index (Phi) is 5.86. The van der Waals surface area contributed by atoms with Crippen molar-refractivity contribution < 1.29 is 4.79 Å². The predicted molar refractivity (Wildman–Crippen MR) is 82.0 cm³/mol. The molecule has 19 heavy (non-hydrogen) atoms. The van der Waals surface area contributed by atoms with E-state index in [0.717, 1.165) is 29.5 Å². The Morgan fingerprint density at radius 2 is 1.79 bits per heavy atom. The summed E-state index contributed by atoms with van der Waals surface area (Å²) >= 11 is 5.71. The molecule has 0 aliphatic rings. The molecule has 0 saturated carbocycles. The molecule has 0 aliphatic heterocycles. The third kappa shape index (κ3) is 5.65. The molecule has 0 fully saturated rings. The smallest absolute Gasteiger partial charge is 0.251 e. The summed E-state index contributed by atoms with van der Waals surface area (Å²) in [5.41, 5.74) is 3.06. The van der Waals surface area contributed by atoms with Gasteiger partial charge in [0, 0.05) is 18.0 Å². The van der Waals surface area contributed by atoms with Crippen LogP contribution in [0.5, 0.6) is 0 Å². The summed E-state index contributed by atoms with van der Waals surface area (Å²) in [6.07, 6.45) is 2.00. The van der Waals surface area contributed by atoms with Crippen molar-refractivity contribution in [3.05, 3.63) is 34.9 Å². The molecular formula is C16H24ClNO. The number of aryl methyl sites for hydroxylation is 2. The largest absolute Gasteiger partial charge is 0.352 e. The second-order valence-corrected chi connectivity index (χ2v) is 6.39. The lowest BCUT2D eigenvalue weighted by Gasteiger charge is -2.24. The zero-order valence-electron chi connectivity index (χ0n) is 12.3. The highest BCUT2D eigenvalue weighted by molar-refractivity contribution is 6.17. The first-order chi connectivity index (χ1) is 8.84. The Bertz CT molecular complexity index is 420. The van der Waals surface area contributed by atoms with Gasteiger partial charge in [-0.05, 0) is 44.2 Å². The van der Waals surface area contributed by atoms with Crippen molar-refractivity contribution in [3.63, 3.8) is 0 Å². The van der Waals surface area contributed by atoms with Crippen molar-refractivity contribution in [3.8, 4) is 0 Å². The Labute approximate surface area is 121 Å². The van der Waals surface area contributed by atoms with E-state index in [1.165, 1.54) is 0 Å². The van der Waals surface area contributed by atoms with Crippen molar-refractivity contribution in [2.24, 2.45) is 5.41 Å². The van der Waals surface area contributed by atoms with E-state index < -0.39 is 0 Å². The molecule has 106 valence electrons. The standard InChI is InChI=1S/C16H24ClNO/c1-12-8-13(2)10-14(9-12)15(19)18-11-16(3,4)6-5-7-17/h8-10H,5-7,11H2,1-4H3,(H,18,19). The fraction of sp³-hybridized carbons (Fsp3) is 0.562. The maximum atomic E-state index is 12.1. The number of carbonyl (C=O) groups is 1. The molecule has 1 aromatic rings. The minimum Gasteiger partial charge on any atom is -0.352 e. The molecule has 3 heteroatoms. The Balaban J connectivity index is 2.60. The second-order valence-electron chi connectivity index (χ2n) is 6.02. The number of halogens is 1. The number of alkyl halides is 1. The highest BCUT2D eigenvalue weighted by Gasteiger charge is 2.18. The molecule has 0 bridgehead atoms. The molecule has 0 heterocycles. The van der Waals surface area contributed by atoms with Crippen LogP contribution in [-0.2, 0) is 0 Å². The minimum atomic E-state index is 0.00532. The average Bonchev–Trinajstić information content (AvgIpc) is 2.32. The zero-order valence-corrected chi connectivity index (χ0v) is 13.1. The number of hydrogen-bond acceptors (Lipinski definition) is 1. The van der Waals surface area contributed by atoms with Gasteiger partial charge in [0.1, 0.15) is 0 Å². The summed E-state index contributed by atoms with van der Waals surface area (Å²) in [4.78, 5) is 12.1. The summed E-state index contributed by atoms with van der Waals surface area (Å²) in [6, 6.07) is 5.92. The van der Waals surface area contributed by atoms with E-state index in [4.69, 9.17) is 11.6 Å². The van der Waals surface area contributed by atoms with E-state index in [2.05, 4.69) is 25.2 Å². The SMILES string of the molecule is Cc1cc(C)cc(C(=O)NCC(C)(C)CCCCl)c1. The highest BCUT2D eigenvalue weighted by atomic mass is 35.5. The molecule has 0 spiro atoms. The second kappa shape index (κ2) is 6.95. The number of hydrogen-bond donors (Lipinski definition) is 1. The van der Waals surface area contributed by atoms with Crippen LogP contribution in [0, 0.1) is 19.3 Å². The van der Waals surface area contributed by atoms with Crippen molar-refractivity contribution in [1.29, 1.82) is 0 Å². The number of nitrogens with one attached hydrogen (secondary N) is 1. The molecule has 0 aromatic heterocycles. The van der Waals surface area contributed by atoms with Crippen molar-refractivity contribution in [2.45, 2.75) is 40.5 Å². The highest BCUT2D eigenvalue weighted by Crippen LogP contribution is 2.21. The number of carbonyl (C=O) groups excluding carboxylic acids is 1. The maximum absolute atomic E-state index is 12.1. The van der Waals surface area contributed by atoms with Gasteiger partial charge in [0.2, 0.25) is 0 Å². The number of benzene rings is 1. The number of amides is 1. The van der Waals surface area contributed by atoms with E-state index in [1.54, 1.807) is 0 Å². The molecule has 1 aromatic carbocycles. The van der Waals surface area contributed by atoms with Gasteiger partial charge in [0.05, 0.1) is 0 Å². The van der Waals surface area contributed by atoms with Crippen LogP contribution in [0.1, 0.15) is 48.2 Å². The van der Waals surface area contributed by atoms with Gasteiger partial charge in [0.15, 0.2) is 0 Å². The van der Waals surface area contributed by atoms with Gasteiger partial charge >= 0.3 is 0 Å². The lowest BCUT2D eigenvalue weighted by molar-refractivity contribution is 0.0934. The summed E-state index contributed by atoms with van der Waals surface area (Å²) in [5, 5.41) is 3.02. The van der Waals surface area contributed by atoms with Crippen LogP contribution < -0.4 is 5.32 Å². The normalized spacial score (nSPS) is 11.4. The first-order valence-electron chi connectivity index (χ1n) is 6.76. The molecule has 0 aliphatic carbocycles. The first kappa shape index (κ1) is 16.0. The Hall–Kier alpha value is -1.02. The van der Waals surface area contributed by atoms with E-state index in [9.17, 15) is 4.79 Å². The van der Waals surface area contributed by atoms with Crippen LogP contribution >= 0.6 is 11.6 Å². The Morgan fingerprint density at radius 3 is 2.32 bits per heavy atom. The summed E-state index contributed by atoms with van der Waals surface area (Å²) in [5.74, 6) is 0.680. The lowest BCUT2D eigenvalue weighted by Crippen LogP contribution is -2.34. The Morgan fingerprint density at radius 1 is 1.21 bits per heavy atom. The van der Waals surface area contributed by atoms with Gasteiger partial charge in [-0.3, -0.25) is 4.79 Å². The molecule has 0 radical (unpaired) electrons. The minimum absolute atomic E-state index is 0.00532. The monoisotopic (exact) mass is 281 g/mol. The number of rotatable bonds is 6. The topological polar surface area (TPSA) is 29.1 Å². The quantitative estimate of drug-likeness (QED) is 0.782. The van der Waals surface area contributed by atoms with Crippen LogP contribution in [-0.4, -0.2) is 18.3 Å². The molecule has 1 amide bonds. The fourth-order valence-corrected chi connectivity index (χ4v) is 2.29. The van der Waals surface area contributed by atoms with Crippen LogP contribution in [0.2, 0.25) is 0 Å². The van der Waals surface area contributed by atoms with Gasteiger partial charge in [-0.25, -0.2) is 0 Å². The lowest BCUT2D eigenvalue weighted by atomic mass is 9.88. The molecule has 0 atom stereocenters. The van der Waals surface area contributed by atoms with E-state index in [-0.39, 0.29) is 11.3 Å². The van der Waals surface area contributed by atoms with Gasteiger partial charge in [-0.1, -0.05) is 31.0 Å². The molecule has 1 N–H and O–H groups in total. The third-order valence-electron chi connectivity index (χ3n) is 3.20. The summed E-state index contributed by atoms with van der Waals surface area (Å²) in [7, 11) is 0. The predicted octanol–water partition coefficient (Wildman–Crippen LogP) is 4.08.